The number of halogens is 1. The van der Waals surface area contributed by atoms with Gasteiger partial charge in [-0.2, -0.15) is 0 Å². The van der Waals surface area contributed by atoms with Gasteiger partial charge in [0.05, 0.1) is 5.71 Å². The van der Waals surface area contributed by atoms with Crippen molar-refractivity contribution in [2.24, 2.45) is 5.16 Å². The molecular weight excluding hydrogens is 277 g/mol. The van der Waals surface area contributed by atoms with Crippen LogP contribution in [-0.4, -0.2) is 36.7 Å². The molecule has 0 aliphatic carbocycles. The molecule has 1 aromatic carbocycles. The smallest absolute Gasteiger partial charge is 0.264 e. The molecule has 2 atom stereocenters. The van der Waals surface area contributed by atoms with Gasteiger partial charge in [-0.1, -0.05) is 17.3 Å². The summed E-state index contributed by atoms with van der Waals surface area (Å²) in [7, 11) is 1.49. The standard InChI is InChI=1S/C14H16FN3O3/c1-8(13(19)16-2)17-14(20)12-7-11(18-21-12)9-4-3-5-10(15)6-9/h3-6,8,12H,7H2,1-2H3,(H,16,19)(H,17,20). The number of benzene rings is 1. The molecule has 21 heavy (non-hydrogen) atoms. The van der Waals surface area contributed by atoms with E-state index in [0.717, 1.165) is 0 Å². The summed E-state index contributed by atoms with van der Waals surface area (Å²) < 4.78 is 13.2. The number of likely N-dealkylation sites (N-methyl/N-ethyl adjacent to an activating group) is 1. The van der Waals surface area contributed by atoms with Crippen LogP contribution in [0.4, 0.5) is 4.39 Å². The highest BCUT2D eigenvalue weighted by molar-refractivity contribution is 6.04. The predicted molar refractivity (Wildman–Crippen MR) is 74.1 cm³/mol. The molecule has 2 N–H and O–H groups in total. The molecule has 2 amide bonds. The van der Waals surface area contributed by atoms with Gasteiger partial charge in [-0.05, 0) is 19.1 Å². The maximum absolute atomic E-state index is 13.2. The summed E-state index contributed by atoms with van der Waals surface area (Å²) in [4.78, 5) is 28.4. The highest BCUT2D eigenvalue weighted by Crippen LogP contribution is 2.17. The minimum Gasteiger partial charge on any atom is -0.382 e. The molecule has 0 radical (unpaired) electrons. The van der Waals surface area contributed by atoms with Gasteiger partial charge in [0.2, 0.25) is 12.0 Å². The molecule has 0 saturated heterocycles. The number of rotatable bonds is 4. The normalized spacial score (nSPS) is 18.4. The highest BCUT2D eigenvalue weighted by Gasteiger charge is 2.30. The molecular formula is C14H16FN3O3. The molecule has 1 aliphatic rings. The Balaban J connectivity index is 1.95. The van der Waals surface area contributed by atoms with Gasteiger partial charge in [0.15, 0.2) is 0 Å². The minimum atomic E-state index is -0.810. The van der Waals surface area contributed by atoms with E-state index in [1.807, 2.05) is 0 Å². The summed E-state index contributed by atoms with van der Waals surface area (Å²) in [6.45, 7) is 1.57. The molecule has 1 aliphatic heterocycles. The van der Waals surface area contributed by atoms with Gasteiger partial charge >= 0.3 is 0 Å². The Kier molecular flexibility index (Phi) is 4.52. The zero-order valence-corrected chi connectivity index (χ0v) is 11.7. The average Bonchev–Trinajstić information content (AvgIpc) is 2.96. The lowest BCUT2D eigenvalue weighted by atomic mass is 10.0. The van der Waals surface area contributed by atoms with E-state index in [4.69, 9.17) is 4.84 Å². The van der Waals surface area contributed by atoms with Crippen LogP contribution in [-0.2, 0) is 14.4 Å². The van der Waals surface area contributed by atoms with Crippen molar-refractivity contribution < 1.29 is 18.8 Å². The van der Waals surface area contributed by atoms with Crippen molar-refractivity contribution in [3.63, 3.8) is 0 Å². The number of carbonyl (C=O) groups excluding carboxylic acids is 2. The SMILES string of the molecule is CNC(=O)C(C)NC(=O)C1CC(c2cccc(F)c2)=NO1. The van der Waals surface area contributed by atoms with Crippen LogP contribution in [0.5, 0.6) is 0 Å². The first kappa shape index (κ1) is 15.0. The number of amides is 2. The molecule has 6 nitrogen and oxygen atoms in total. The van der Waals surface area contributed by atoms with Crippen LogP contribution in [0.25, 0.3) is 0 Å². The number of carbonyl (C=O) groups is 2. The van der Waals surface area contributed by atoms with Gasteiger partial charge in [-0.25, -0.2) is 4.39 Å². The van der Waals surface area contributed by atoms with E-state index in [0.29, 0.717) is 11.3 Å². The van der Waals surface area contributed by atoms with Crippen molar-refractivity contribution in [3.8, 4) is 0 Å². The van der Waals surface area contributed by atoms with Crippen LogP contribution in [0.15, 0.2) is 29.4 Å². The number of hydrogen-bond acceptors (Lipinski definition) is 4. The van der Waals surface area contributed by atoms with E-state index in [2.05, 4.69) is 15.8 Å². The van der Waals surface area contributed by atoms with E-state index < -0.39 is 18.1 Å². The van der Waals surface area contributed by atoms with E-state index >= 15 is 0 Å². The Morgan fingerprint density at radius 3 is 2.90 bits per heavy atom. The fourth-order valence-corrected chi connectivity index (χ4v) is 1.94. The maximum atomic E-state index is 13.2. The molecule has 1 heterocycles. The summed E-state index contributed by atoms with van der Waals surface area (Å²) >= 11 is 0. The van der Waals surface area contributed by atoms with Gasteiger partial charge in [-0.15, -0.1) is 0 Å². The zero-order valence-electron chi connectivity index (χ0n) is 11.7. The van der Waals surface area contributed by atoms with Crippen molar-refractivity contribution in [2.75, 3.05) is 7.05 Å². The second-order valence-corrected chi connectivity index (χ2v) is 4.69. The Morgan fingerprint density at radius 1 is 1.48 bits per heavy atom. The molecule has 7 heteroatoms. The molecule has 0 fully saturated rings. The Morgan fingerprint density at radius 2 is 2.24 bits per heavy atom. The molecule has 2 unspecified atom stereocenters. The van der Waals surface area contributed by atoms with E-state index in [1.165, 1.54) is 19.2 Å². The van der Waals surface area contributed by atoms with Crippen LogP contribution >= 0.6 is 0 Å². The summed E-state index contributed by atoms with van der Waals surface area (Å²) in [6.07, 6.45) is -0.578. The van der Waals surface area contributed by atoms with Gasteiger partial charge in [0.25, 0.3) is 5.91 Å². The second-order valence-electron chi connectivity index (χ2n) is 4.69. The topological polar surface area (TPSA) is 79.8 Å². The number of hydrogen-bond donors (Lipinski definition) is 2. The molecule has 0 bridgehead atoms. The maximum Gasteiger partial charge on any atom is 0.264 e. The summed E-state index contributed by atoms with van der Waals surface area (Å²) in [5.74, 6) is -1.11. The first-order valence-electron chi connectivity index (χ1n) is 6.52. The van der Waals surface area contributed by atoms with Crippen molar-refractivity contribution in [1.82, 2.24) is 10.6 Å². The van der Waals surface area contributed by atoms with Crippen LogP contribution in [0.1, 0.15) is 18.9 Å². The van der Waals surface area contributed by atoms with Crippen LogP contribution in [0.3, 0.4) is 0 Å². The summed E-state index contributed by atoms with van der Waals surface area (Å²) in [5.41, 5.74) is 1.08. The third kappa shape index (κ3) is 3.56. The van der Waals surface area contributed by atoms with Crippen molar-refractivity contribution in [3.05, 3.63) is 35.6 Å². The third-order valence-electron chi connectivity index (χ3n) is 3.12. The predicted octanol–water partition coefficient (Wildman–Crippen LogP) is 0.569. The third-order valence-corrected chi connectivity index (χ3v) is 3.12. The number of oxime groups is 1. The van der Waals surface area contributed by atoms with Crippen molar-refractivity contribution in [1.29, 1.82) is 0 Å². The molecule has 0 spiro atoms. The monoisotopic (exact) mass is 293 g/mol. The fraction of sp³-hybridized carbons (Fsp3) is 0.357. The molecule has 0 saturated carbocycles. The van der Waals surface area contributed by atoms with E-state index in [-0.39, 0.29) is 18.1 Å². The average molecular weight is 293 g/mol. The lowest BCUT2D eigenvalue weighted by Crippen LogP contribution is -2.47. The van der Waals surface area contributed by atoms with E-state index in [1.54, 1.807) is 19.1 Å². The lowest BCUT2D eigenvalue weighted by Gasteiger charge is -2.14. The Labute approximate surface area is 121 Å². The number of nitrogens with zero attached hydrogens (tertiary/aromatic N) is 1. The van der Waals surface area contributed by atoms with Crippen LogP contribution in [0.2, 0.25) is 0 Å². The van der Waals surface area contributed by atoms with E-state index in [9.17, 15) is 14.0 Å². The summed E-state index contributed by atoms with van der Waals surface area (Å²) in [6, 6.07) is 5.25. The Bertz CT molecular complexity index is 589. The zero-order chi connectivity index (χ0) is 15.4. The highest BCUT2D eigenvalue weighted by atomic mass is 19.1. The number of nitrogens with one attached hydrogen (secondary N) is 2. The largest absolute Gasteiger partial charge is 0.382 e. The summed E-state index contributed by atoms with van der Waals surface area (Å²) in [5, 5.41) is 8.78. The first-order chi connectivity index (χ1) is 10.0. The van der Waals surface area contributed by atoms with Crippen LogP contribution in [0, 0.1) is 5.82 Å². The van der Waals surface area contributed by atoms with Gasteiger partial charge in [0.1, 0.15) is 11.9 Å². The minimum absolute atomic E-state index is 0.232. The molecule has 1 aromatic rings. The van der Waals surface area contributed by atoms with Gasteiger partial charge < -0.3 is 15.5 Å². The van der Waals surface area contributed by atoms with Crippen LogP contribution < -0.4 is 10.6 Å². The lowest BCUT2D eigenvalue weighted by molar-refractivity contribution is -0.135. The first-order valence-corrected chi connectivity index (χ1v) is 6.52. The molecule has 112 valence electrons. The Hall–Kier alpha value is -2.44. The molecule has 2 rings (SSSR count). The van der Waals surface area contributed by atoms with Crippen molar-refractivity contribution in [2.45, 2.75) is 25.5 Å². The molecule has 0 aromatic heterocycles. The van der Waals surface area contributed by atoms with Crippen molar-refractivity contribution >= 4 is 17.5 Å². The van der Waals surface area contributed by atoms with Gasteiger partial charge in [0, 0.05) is 19.0 Å². The quantitative estimate of drug-likeness (QED) is 0.851. The van der Waals surface area contributed by atoms with Gasteiger partial charge in [-0.3, -0.25) is 9.59 Å². The fourth-order valence-electron chi connectivity index (χ4n) is 1.94. The second kappa shape index (κ2) is 6.34.